The molecule has 0 saturated heterocycles. The second-order valence-electron chi connectivity index (χ2n) is 6.24. The Balaban J connectivity index is 2.04. The molecule has 1 aromatic rings. The highest BCUT2D eigenvalue weighted by Gasteiger charge is 2.45. The van der Waals surface area contributed by atoms with Crippen molar-refractivity contribution in [3.8, 4) is 0 Å². The van der Waals surface area contributed by atoms with Crippen LogP contribution in [0.3, 0.4) is 0 Å². The molecule has 0 unspecified atom stereocenters. The number of carbonyl (C=O) groups excluding carboxylic acids is 1. The highest BCUT2D eigenvalue weighted by molar-refractivity contribution is 5.69. The van der Waals surface area contributed by atoms with Crippen LogP contribution in [0.4, 0.5) is 4.79 Å². The van der Waals surface area contributed by atoms with Gasteiger partial charge in [0.25, 0.3) is 0 Å². The minimum absolute atomic E-state index is 0.227. The molecule has 1 amide bonds. The van der Waals surface area contributed by atoms with Crippen LogP contribution in [0.25, 0.3) is 0 Å². The summed E-state index contributed by atoms with van der Waals surface area (Å²) in [4.78, 5) is 14.1. The van der Waals surface area contributed by atoms with Gasteiger partial charge < -0.3 is 9.64 Å². The van der Waals surface area contributed by atoms with Gasteiger partial charge in [0.2, 0.25) is 0 Å². The van der Waals surface area contributed by atoms with Gasteiger partial charge in [-0.15, -0.1) is 6.58 Å². The molecular formula is C17H23NO2. The highest BCUT2D eigenvalue weighted by Crippen LogP contribution is 2.44. The molecule has 0 aliphatic heterocycles. The molecule has 3 nitrogen and oxygen atoms in total. The fraction of sp³-hybridized carbons (Fsp3) is 0.471. The first kappa shape index (κ1) is 14.6. The summed E-state index contributed by atoms with van der Waals surface area (Å²) in [6.45, 7) is 9.93. The number of nitrogens with zero attached hydrogens (tertiary/aromatic N) is 1. The van der Waals surface area contributed by atoms with Gasteiger partial charge in [-0.3, -0.25) is 0 Å². The maximum Gasteiger partial charge on any atom is 0.410 e. The van der Waals surface area contributed by atoms with E-state index in [2.05, 4.69) is 18.7 Å². The summed E-state index contributed by atoms with van der Waals surface area (Å²) in [6.07, 6.45) is 2.50. The van der Waals surface area contributed by atoms with E-state index in [1.165, 1.54) is 5.56 Å². The average Bonchev–Trinajstić information content (AvgIpc) is 3.15. The van der Waals surface area contributed by atoms with E-state index in [0.29, 0.717) is 12.5 Å². The normalized spacial score (nSPS) is 21.1. The molecule has 2 atom stereocenters. The third-order valence-electron chi connectivity index (χ3n) is 3.34. The number of amides is 1. The highest BCUT2D eigenvalue weighted by atomic mass is 16.6. The summed E-state index contributed by atoms with van der Waals surface area (Å²) in [5, 5.41) is 0. The molecular weight excluding hydrogens is 250 g/mol. The summed E-state index contributed by atoms with van der Waals surface area (Å²) in [5.41, 5.74) is 0.823. The molecule has 1 saturated carbocycles. The Labute approximate surface area is 121 Å². The predicted octanol–water partition coefficient (Wildman–Crippen LogP) is 3.97. The minimum atomic E-state index is -0.465. The Bertz CT molecular complexity index is 476. The monoisotopic (exact) mass is 273 g/mol. The molecule has 2 rings (SSSR count). The standard InChI is InChI=1S/C17H23NO2/c1-5-11-18(16(19)20-17(2,3)4)15-12-14(15)13-9-7-6-8-10-13/h5-10,14-15H,1,11-12H2,2-4H3/t14-,15+/m1/s1. The lowest BCUT2D eigenvalue weighted by atomic mass is 10.1. The minimum Gasteiger partial charge on any atom is -0.444 e. The van der Waals surface area contributed by atoms with Crippen LogP contribution in [0.5, 0.6) is 0 Å². The van der Waals surface area contributed by atoms with Gasteiger partial charge in [0.05, 0.1) is 0 Å². The maximum atomic E-state index is 12.3. The van der Waals surface area contributed by atoms with Crippen molar-refractivity contribution < 1.29 is 9.53 Å². The van der Waals surface area contributed by atoms with Gasteiger partial charge in [0.15, 0.2) is 0 Å². The molecule has 3 heteroatoms. The first-order valence-corrected chi connectivity index (χ1v) is 7.08. The van der Waals surface area contributed by atoms with Crippen LogP contribution in [0, 0.1) is 0 Å². The van der Waals surface area contributed by atoms with Crippen LogP contribution in [0.1, 0.15) is 38.7 Å². The van der Waals surface area contributed by atoms with Crippen LogP contribution in [0.15, 0.2) is 43.0 Å². The molecule has 0 heterocycles. The van der Waals surface area contributed by atoms with E-state index in [0.717, 1.165) is 6.42 Å². The van der Waals surface area contributed by atoms with Crippen molar-refractivity contribution >= 4 is 6.09 Å². The molecule has 0 N–H and O–H groups in total. The van der Waals surface area contributed by atoms with E-state index >= 15 is 0 Å². The zero-order chi connectivity index (χ0) is 14.8. The van der Waals surface area contributed by atoms with Gasteiger partial charge in [-0.05, 0) is 32.8 Å². The van der Waals surface area contributed by atoms with E-state index in [4.69, 9.17) is 4.74 Å². The fourth-order valence-corrected chi connectivity index (χ4v) is 2.39. The Morgan fingerprint density at radius 3 is 2.60 bits per heavy atom. The number of carbonyl (C=O) groups is 1. The lowest BCUT2D eigenvalue weighted by Gasteiger charge is -2.27. The maximum absolute atomic E-state index is 12.3. The molecule has 0 radical (unpaired) electrons. The van der Waals surface area contributed by atoms with Gasteiger partial charge in [-0.25, -0.2) is 4.79 Å². The molecule has 0 aromatic heterocycles. The molecule has 20 heavy (non-hydrogen) atoms. The van der Waals surface area contributed by atoms with Gasteiger partial charge >= 0.3 is 6.09 Å². The van der Waals surface area contributed by atoms with Crippen LogP contribution in [-0.4, -0.2) is 29.2 Å². The molecule has 0 spiro atoms. The van der Waals surface area contributed by atoms with E-state index in [-0.39, 0.29) is 12.1 Å². The van der Waals surface area contributed by atoms with Gasteiger partial charge in [-0.1, -0.05) is 36.4 Å². The van der Waals surface area contributed by atoms with Gasteiger partial charge in [-0.2, -0.15) is 0 Å². The summed E-state index contributed by atoms with van der Waals surface area (Å²) in [6, 6.07) is 10.5. The smallest absolute Gasteiger partial charge is 0.410 e. The second-order valence-corrected chi connectivity index (χ2v) is 6.24. The van der Waals surface area contributed by atoms with E-state index in [1.54, 1.807) is 11.0 Å². The zero-order valence-electron chi connectivity index (χ0n) is 12.5. The Kier molecular flexibility index (Phi) is 4.17. The van der Waals surface area contributed by atoms with Crippen molar-refractivity contribution in [2.75, 3.05) is 6.54 Å². The van der Waals surface area contributed by atoms with Gasteiger partial charge in [0, 0.05) is 18.5 Å². The summed E-state index contributed by atoms with van der Waals surface area (Å²) < 4.78 is 5.48. The molecule has 108 valence electrons. The van der Waals surface area contributed by atoms with Crippen molar-refractivity contribution in [1.29, 1.82) is 0 Å². The van der Waals surface area contributed by atoms with Crippen LogP contribution < -0.4 is 0 Å². The van der Waals surface area contributed by atoms with Crippen LogP contribution in [-0.2, 0) is 4.74 Å². The second kappa shape index (κ2) is 5.70. The van der Waals surface area contributed by atoms with Crippen molar-refractivity contribution in [2.24, 2.45) is 0 Å². The van der Waals surface area contributed by atoms with E-state index in [1.807, 2.05) is 39.0 Å². The molecule has 0 bridgehead atoms. The largest absolute Gasteiger partial charge is 0.444 e. The third-order valence-corrected chi connectivity index (χ3v) is 3.34. The Morgan fingerprint density at radius 2 is 2.05 bits per heavy atom. The summed E-state index contributed by atoms with van der Waals surface area (Å²) in [7, 11) is 0. The predicted molar refractivity (Wildman–Crippen MR) is 80.7 cm³/mol. The Morgan fingerprint density at radius 1 is 1.40 bits per heavy atom. The van der Waals surface area contributed by atoms with E-state index < -0.39 is 5.60 Å². The lowest BCUT2D eigenvalue weighted by Crippen LogP contribution is -2.38. The zero-order valence-corrected chi connectivity index (χ0v) is 12.5. The van der Waals surface area contributed by atoms with E-state index in [9.17, 15) is 4.79 Å². The third kappa shape index (κ3) is 3.62. The molecule has 1 fully saturated rings. The first-order valence-electron chi connectivity index (χ1n) is 7.08. The van der Waals surface area contributed by atoms with Crippen LogP contribution in [0.2, 0.25) is 0 Å². The van der Waals surface area contributed by atoms with Crippen molar-refractivity contribution in [3.05, 3.63) is 48.6 Å². The molecule has 1 aromatic carbocycles. The summed E-state index contributed by atoms with van der Waals surface area (Å²) >= 11 is 0. The molecule has 1 aliphatic carbocycles. The topological polar surface area (TPSA) is 29.5 Å². The van der Waals surface area contributed by atoms with Crippen molar-refractivity contribution in [2.45, 2.75) is 44.8 Å². The number of benzene rings is 1. The number of hydrogen-bond acceptors (Lipinski definition) is 2. The average molecular weight is 273 g/mol. The first-order chi connectivity index (χ1) is 9.42. The van der Waals surface area contributed by atoms with Gasteiger partial charge in [0.1, 0.15) is 5.60 Å². The lowest BCUT2D eigenvalue weighted by molar-refractivity contribution is 0.0253. The SMILES string of the molecule is C=CCN(C(=O)OC(C)(C)C)[C@H]1C[C@@H]1c1ccccc1. The molecule has 1 aliphatic rings. The summed E-state index contributed by atoms with van der Waals surface area (Å²) in [5.74, 6) is 0.420. The number of rotatable bonds is 4. The van der Waals surface area contributed by atoms with Crippen LogP contribution >= 0.6 is 0 Å². The quantitative estimate of drug-likeness (QED) is 0.777. The number of ether oxygens (including phenoxy) is 1. The fourth-order valence-electron chi connectivity index (χ4n) is 2.39. The van der Waals surface area contributed by atoms with Crippen molar-refractivity contribution in [3.63, 3.8) is 0 Å². The van der Waals surface area contributed by atoms with Crippen molar-refractivity contribution in [1.82, 2.24) is 4.90 Å². The Hall–Kier alpha value is -1.77. The number of hydrogen-bond donors (Lipinski definition) is 0.